The molecule has 0 radical (unpaired) electrons. The Morgan fingerprint density at radius 1 is 1.03 bits per heavy atom. The average molecular weight is 476 g/mol. The van der Waals surface area contributed by atoms with E-state index in [1.165, 1.54) is 69.2 Å². The van der Waals surface area contributed by atoms with Crippen LogP contribution in [0.4, 0.5) is 10.8 Å². The molecule has 0 aliphatic heterocycles. The molecule has 168 valence electrons. The molecule has 0 unspecified atom stereocenters. The van der Waals surface area contributed by atoms with Crippen molar-refractivity contribution in [3.05, 3.63) is 59.6 Å². The minimum Gasteiger partial charge on any atom is -0.493 e. The van der Waals surface area contributed by atoms with Gasteiger partial charge in [0.15, 0.2) is 16.6 Å². The monoisotopic (exact) mass is 475 g/mol. The third-order valence-corrected chi connectivity index (χ3v) is 6.37. The van der Waals surface area contributed by atoms with Gasteiger partial charge < -0.3 is 19.5 Å². The number of rotatable bonds is 9. The predicted molar refractivity (Wildman–Crippen MR) is 123 cm³/mol. The largest absolute Gasteiger partial charge is 0.493 e. The van der Waals surface area contributed by atoms with E-state index in [2.05, 4.69) is 15.0 Å². The van der Waals surface area contributed by atoms with Crippen LogP contribution >= 0.6 is 11.3 Å². The summed E-state index contributed by atoms with van der Waals surface area (Å²) in [6.45, 7) is 0. The Kier molecular flexibility index (Phi) is 7.33. The summed E-state index contributed by atoms with van der Waals surface area (Å²) in [7, 11) is 0.768. The number of amides is 1. The van der Waals surface area contributed by atoms with Crippen molar-refractivity contribution < 1.29 is 27.4 Å². The number of thiazole rings is 1. The van der Waals surface area contributed by atoms with Crippen molar-refractivity contribution in [1.82, 2.24) is 4.98 Å². The fraction of sp³-hybridized carbons (Fsp3) is 0.143. The van der Waals surface area contributed by atoms with Crippen LogP contribution < -0.4 is 24.2 Å². The van der Waals surface area contributed by atoms with E-state index in [4.69, 9.17) is 14.2 Å². The second-order valence-electron chi connectivity index (χ2n) is 6.25. The topological polar surface area (TPSA) is 116 Å². The number of benzene rings is 2. The van der Waals surface area contributed by atoms with Gasteiger partial charge >= 0.3 is 0 Å². The van der Waals surface area contributed by atoms with Gasteiger partial charge in [0.2, 0.25) is 11.7 Å². The standard InChI is InChI=1S/C21H21N3O6S2/c1-28-17-12-14(13-18(29-2)20(17)30-3)4-9-19(25)23-15-5-7-16(8-6-15)32(26,27)24-21-22-10-11-31-21/h4-13H,1-3H3,(H,22,24)(H,23,25). The van der Waals surface area contributed by atoms with Gasteiger partial charge in [-0.1, -0.05) is 0 Å². The van der Waals surface area contributed by atoms with Crippen molar-refractivity contribution in [3.63, 3.8) is 0 Å². The van der Waals surface area contributed by atoms with Crippen LogP contribution in [0.25, 0.3) is 6.08 Å². The normalized spacial score (nSPS) is 11.2. The summed E-state index contributed by atoms with van der Waals surface area (Å²) in [5, 5.41) is 4.62. The lowest BCUT2D eigenvalue weighted by Crippen LogP contribution is -2.13. The molecule has 1 heterocycles. The molecule has 0 aliphatic carbocycles. The number of methoxy groups -OCH3 is 3. The molecule has 9 nitrogen and oxygen atoms in total. The highest BCUT2D eigenvalue weighted by Gasteiger charge is 2.15. The molecule has 2 aromatic carbocycles. The highest BCUT2D eigenvalue weighted by atomic mass is 32.2. The molecule has 1 amide bonds. The van der Waals surface area contributed by atoms with Crippen LogP contribution in [0, 0.1) is 0 Å². The molecule has 0 spiro atoms. The summed E-state index contributed by atoms with van der Waals surface area (Å²) in [5.74, 6) is 0.997. The number of carbonyl (C=O) groups is 1. The zero-order valence-corrected chi connectivity index (χ0v) is 19.1. The zero-order valence-electron chi connectivity index (χ0n) is 17.5. The van der Waals surface area contributed by atoms with E-state index in [0.29, 0.717) is 28.5 Å². The number of anilines is 2. The van der Waals surface area contributed by atoms with Crippen molar-refractivity contribution in [3.8, 4) is 17.2 Å². The van der Waals surface area contributed by atoms with Gasteiger partial charge in [0.25, 0.3) is 10.0 Å². The Morgan fingerprint density at radius 3 is 2.22 bits per heavy atom. The molecule has 0 fully saturated rings. The molecule has 1 aromatic heterocycles. The van der Waals surface area contributed by atoms with Crippen LogP contribution in [0.2, 0.25) is 0 Å². The van der Waals surface area contributed by atoms with Gasteiger partial charge in [-0.05, 0) is 48.0 Å². The van der Waals surface area contributed by atoms with Crippen LogP contribution in [0.15, 0.2) is 58.9 Å². The fourth-order valence-corrected chi connectivity index (χ4v) is 4.51. The van der Waals surface area contributed by atoms with Crippen molar-refractivity contribution in [1.29, 1.82) is 0 Å². The van der Waals surface area contributed by atoms with E-state index in [1.807, 2.05) is 0 Å². The summed E-state index contributed by atoms with van der Waals surface area (Å²) in [6.07, 6.45) is 4.44. The molecule has 0 atom stereocenters. The molecular weight excluding hydrogens is 454 g/mol. The molecule has 0 saturated carbocycles. The smallest absolute Gasteiger partial charge is 0.263 e. The third-order valence-electron chi connectivity index (χ3n) is 4.20. The molecule has 2 N–H and O–H groups in total. The van der Waals surface area contributed by atoms with Crippen molar-refractivity contribution in [2.45, 2.75) is 4.90 Å². The number of hydrogen-bond acceptors (Lipinski definition) is 8. The maximum absolute atomic E-state index is 12.4. The van der Waals surface area contributed by atoms with Crippen LogP contribution in [0.1, 0.15) is 5.56 Å². The van der Waals surface area contributed by atoms with E-state index in [9.17, 15) is 13.2 Å². The third kappa shape index (κ3) is 5.56. The van der Waals surface area contributed by atoms with Gasteiger partial charge in [0.05, 0.1) is 26.2 Å². The first-order valence-electron chi connectivity index (χ1n) is 9.17. The summed E-state index contributed by atoms with van der Waals surface area (Å²) in [5.41, 5.74) is 1.11. The molecule has 3 aromatic rings. The Labute approximate surface area is 189 Å². The van der Waals surface area contributed by atoms with Crippen molar-refractivity contribution >= 4 is 44.2 Å². The van der Waals surface area contributed by atoms with Gasteiger partial charge in [-0.15, -0.1) is 11.3 Å². The van der Waals surface area contributed by atoms with E-state index in [1.54, 1.807) is 23.6 Å². The Balaban J connectivity index is 1.68. The van der Waals surface area contributed by atoms with Gasteiger partial charge in [-0.25, -0.2) is 13.4 Å². The second-order valence-corrected chi connectivity index (χ2v) is 8.83. The quantitative estimate of drug-likeness (QED) is 0.454. The molecule has 32 heavy (non-hydrogen) atoms. The number of aromatic nitrogens is 1. The highest BCUT2D eigenvalue weighted by Crippen LogP contribution is 2.38. The minimum atomic E-state index is -3.76. The van der Waals surface area contributed by atoms with Gasteiger partial charge in [0.1, 0.15) is 0 Å². The Bertz CT molecular complexity index is 1180. The molecular formula is C21H21N3O6S2. The number of nitrogens with zero attached hydrogens (tertiary/aromatic N) is 1. The first-order chi connectivity index (χ1) is 15.4. The average Bonchev–Trinajstić information content (AvgIpc) is 3.29. The lowest BCUT2D eigenvalue weighted by atomic mass is 10.1. The van der Waals surface area contributed by atoms with E-state index in [0.717, 1.165) is 0 Å². The van der Waals surface area contributed by atoms with Gasteiger partial charge in [-0.2, -0.15) is 0 Å². The molecule has 0 saturated heterocycles. The van der Waals surface area contributed by atoms with Crippen LogP contribution in [0.5, 0.6) is 17.2 Å². The van der Waals surface area contributed by atoms with Crippen LogP contribution in [0.3, 0.4) is 0 Å². The van der Waals surface area contributed by atoms with Gasteiger partial charge in [-0.3, -0.25) is 9.52 Å². The van der Waals surface area contributed by atoms with E-state index >= 15 is 0 Å². The SMILES string of the molecule is COc1cc(C=CC(=O)Nc2ccc(S(=O)(=O)Nc3nccs3)cc2)cc(OC)c1OC. The number of hydrogen-bond donors (Lipinski definition) is 2. The summed E-state index contributed by atoms with van der Waals surface area (Å²) >= 11 is 1.18. The number of carbonyl (C=O) groups excluding carboxylic acids is 1. The maximum Gasteiger partial charge on any atom is 0.263 e. The van der Waals surface area contributed by atoms with E-state index < -0.39 is 15.9 Å². The van der Waals surface area contributed by atoms with Crippen molar-refractivity contribution in [2.24, 2.45) is 0 Å². The second kappa shape index (κ2) is 10.2. The first kappa shape index (κ1) is 23.1. The summed E-state index contributed by atoms with van der Waals surface area (Å²) < 4.78 is 43.0. The van der Waals surface area contributed by atoms with Crippen LogP contribution in [-0.2, 0) is 14.8 Å². The highest BCUT2D eigenvalue weighted by molar-refractivity contribution is 7.93. The fourth-order valence-electron chi connectivity index (χ4n) is 2.72. The Hall–Kier alpha value is -3.57. The van der Waals surface area contributed by atoms with Gasteiger partial charge in [0, 0.05) is 23.3 Å². The molecule has 0 bridgehead atoms. The number of ether oxygens (including phenoxy) is 3. The summed E-state index contributed by atoms with van der Waals surface area (Å²) in [4.78, 5) is 16.2. The minimum absolute atomic E-state index is 0.0543. The lowest BCUT2D eigenvalue weighted by Gasteiger charge is -2.12. The zero-order chi connectivity index (χ0) is 23.1. The lowest BCUT2D eigenvalue weighted by molar-refractivity contribution is -0.111. The number of nitrogens with one attached hydrogen (secondary N) is 2. The number of sulfonamides is 1. The molecule has 3 rings (SSSR count). The van der Waals surface area contributed by atoms with Crippen LogP contribution in [-0.4, -0.2) is 40.6 Å². The predicted octanol–water partition coefficient (Wildman–Crippen LogP) is 3.62. The molecule has 0 aliphatic rings. The summed E-state index contributed by atoms with van der Waals surface area (Å²) in [6, 6.07) is 9.21. The first-order valence-corrected chi connectivity index (χ1v) is 11.5. The van der Waals surface area contributed by atoms with Crippen molar-refractivity contribution in [2.75, 3.05) is 31.4 Å². The maximum atomic E-state index is 12.4. The molecule has 11 heteroatoms. The van der Waals surface area contributed by atoms with E-state index in [-0.39, 0.29) is 10.0 Å². The Morgan fingerprint density at radius 2 is 1.69 bits per heavy atom.